The first-order chi connectivity index (χ1) is 9.63. The van der Waals surface area contributed by atoms with Gasteiger partial charge in [0.05, 0.1) is 0 Å². The number of rotatable bonds is 3. The Balaban J connectivity index is 1.59. The fourth-order valence-electron chi connectivity index (χ4n) is 3.68. The summed E-state index contributed by atoms with van der Waals surface area (Å²) in [6, 6.07) is 8.32. The van der Waals surface area contributed by atoms with Gasteiger partial charge in [-0.2, -0.15) is 0 Å². The number of nitrogens with zero attached hydrogens (tertiary/aromatic N) is 1. The maximum atomic E-state index is 5.88. The lowest BCUT2D eigenvalue weighted by molar-refractivity contribution is 0.156. The molecule has 3 rings (SSSR count). The lowest BCUT2D eigenvalue weighted by Gasteiger charge is -2.36. The molecule has 0 bridgehead atoms. The number of anilines is 1. The molecule has 3 heteroatoms. The van der Waals surface area contributed by atoms with E-state index < -0.39 is 0 Å². The standard InChI is InChI=1S/C17H27N3/c1-12(2)20-9-7-15(8-10-20)19-17-6-3-13-11-14(18)4-5-16(13)17/h4-5,11-12,15,17,19H,3,6-10,18H2,1-2H3. The Labute approximate surface area is 122 Å². The molecule has 1 aliphatic heterocycles. The molecule has 110 valence electrons. The Bertz CT molecular complexity index is 461. The normalized spacial score (nSPS) is 24.2. The van der Waals surface area contributed by atoms with E-state index in [-0.39, 0.29) is 0 Å². The smallest absolute Gasteiger partial charge is 0.0328 e. The van der Waals surface area contributed by atoms with Gasteiger partial charge >= 0.3 is 0 Å². The van der Waals surface area contributed by atoms with Crippen molar-refractivity contribution in [3.8, 4) is 0 Å². The van der Waals surface area contributed by atoms with Crippen LogP contribution >= 0.6 is 0 Å². The number of hydrogen-bond donors (Lipinski definition) is 2. The highest BCUT2D eigenvalue weighted by Crippen LogP contribution is 2.33. The van der Waals surface area contributed by atoms with Gasteiger partial charge in [0.1, 0.15) is 0 Å². The first-order valence-corrected chi connectivity index (χ1v) is 8.02. The number of nitrogens with one attached hydrogen (secondary N) is 1. The third kappa shape index (κ3) is 2.84. The van der Waals surface area contributed by atoms with Gasteiger partial charge in [0.2, 0.25) is 0 Å². The van der Waals surface area contributed by atoms with E-state index in [9.17, 15) is 0 Å². The zero-order valence-electron chi connectivity index (χ0n) is 12.7. The highest BCUT2D eigenvalue weighted by molar-refractivity contribution is 5.47. The molecule has 0 spiro atoms. The van der Waals surface area contributed by atoms with Crippen molar-refractivity contribution in [1.82, 2.24) is 10.2 Å². The Hall–Kier alpha value is -1.06. The van der Waals surface area contributed by atoms with Crippen molar-refractivity contribution in [2.24, 2.45) is 0 Å². The van der Waals surface area contributed by atoms with Crippen LogP contribution in [-0.4, -0.2) is 30.1 Å². The molecular formula is C17H27N3. The van der Waals surface area contributed by atoms with E-state index in [2.05, 4.69) is 36.2 Å². The summed E-state index contributed by atoms with van der Waals surface area (Å²) < 4.78 is 0. The van der Waals surface area contributed by atoms with Crippen LogP contribution in [0.5, 0.6) is 0 Å². The average Bonchev–Trinajstić information content (AvgIpc) is 2.81. The number of aryl methyl sites for hydroxylation is 1. The van der Waals surface area contributed by atoms with Crippen LogP contribution in [0.4, 0.5) is 5.69 Å². The highest BCUT2D eigenvalue weighted by Gasteiger charge is 2.27. The molecule has 1 atom stereocenters. The van der Waals surface area contributed by atoms with Gasteiger partial charge in [-0.05, 0) is 75.9 Å². The van der Waals surface area contributed by atoms with E-state index in [4.69, 9.17) is 5.73 Å². The maximum Gasteiger partial charge on any atom is 0.0328 e. The van der Waals surface area contributed by atoms with Crippen LogP contribution in [0.25, 0.3) is 0 Å². The lowest BCUT2D eigenvalue weighted by atomic mass is 10.0. The van der Waals surface area contributed by atoms with Crippen molar-refractivity contribution in [3.05, 3.63) is 29.3 Å². The largest absolute Gasteiger partial charge is 0.399 e. The van der Waals surface area contributed by atoms with Gasteiger partial charge in [-0.25, -0.2) is 0 Å². The van der Waals surface area contributed by atoms with Crippen molar-refractivity contribution in [2.45, 2.75) is 57.7 Å². The van der Waals surface area contributed by atoms with Gasteiger partial charge in [0.25, 0.3) is 0 Å². The van der Waals surface area contributed by atoms with Gasteiger partial charge in [-0.1, -0.05) is 6.07 Å². The molecule has 0 amide bonds. The lowest BCUT2D eigenvalue weighted by Crippen LogP contribution is -2.45. The fraction of sp³-hybridized carbons (Fsp3) is 0.647. The van der Waals surface area contributed by atoms with Crippen molar-refractivity contribution in [3.63, 3.8) is 0 Å². The quantitative estimate of drug-likeness (QED) is 0.832. The predicted molar refractivity (Wildman–Crippen MR) is 84.8 cm³/mol. The Morgan fingerprint density at radius 1 is 1.20 bits per heavy atom. The van der Waals surface area contributed by atoms with E-state index in [1.165, 1.54) is 49.9 Å². The Morgan fingerprint density at radius 2 is 1.95 bits per heavy atom. The van der Waals surface area contributed by atoms with Gasteiger partial charge in [-0.3, -0.25) is 0 Å². The van der Waals surface area contributed by atoms with E-state index in [1.54, 1.807) is 0 Å². The maximum absolute atomic E-state index is 5.88. The van der Waals surface area contributed by atoms with E-state index >= 15 is 0 Å². The SMILES string of the molecule is CC(C)N1CCC(NC2CCc3cc(N)ccc32)CC1. The minimum atomic E-state index is 0.543. The zero-order valence-corrected chi connectivity index (χ0v) is 12.7. The van der Waals surface area contributed by atoms with Crippen molar-refractivity contribution < 1.29 is 0 Å². The highest BCUT2D eigenvalue weighted by atomic mass is 15.2. The molecule has 0 aromatic heterocycles. The molecule has 1 aliphatic carbocycles. The second-order valence-electron chi connectivity index (χ2n) is 6.62. The molecule has 1 fully saturated rings. The summed E-state index contributed by atoms with van der Waals surface area (Å²) in [5.74, 6) is 0. The summed E-state index contributed by atoms with van der Waals surface area (Å²) in [5, 5.41) is 3.89. The molecular weight excluding hydrogens is 246 g/mol. The molecule has 1 saturated heterocycles. The van der Waals surface area contributed by atoms with E-state index in [0.29, 0.717) is 18.1 Å². The number of likely N-dealkylation sites (tertiary alicyclic amines) is 1. The van der Waals surface area contributed by atoms with Crippen LogP contribution in [0.15, 0.2) is 18.2 Å². The van der Waals surface area contributed by atoms with Crippen LogP contribution in [0.3, 0.4) is 0 Å². The number of hydrogen-bond acceptors (Lipinski definition) is 3. The molecule has 1 unspecified atom stereocenters. The number of benzene rings is 1. The summed E-state index contributed by atoms with van der Waals surface area (Å²) in [6.45, 7) is 7.06. The molecule has 20 heavy (non-hydrogen) atoms. The van der Waals surface area contributed by atoms with Crippen molar-refractivity contribution in [2.75, 3.05) is 18.8 Å². The minimum absolute atomic E-state index is 0.543. The molecule has 1 aromatic rings. The van der Waals surface area contributed by atoms with E-state index in [1.807, 2.05) is 6.07 Å². The second-order valence-corrected chi connectivity index (χ2v) is 6.62. The van der Waals surface area contributed by atoms with Gasteiger partial charge < -0.3 is 16.0 Å². The number of nitrogens with two attached hydrogens (primary N) is 1. The van der Waals surface area contributed by atoms with E-state index in [0.717, 1.165) is 5.69 Å². The summed E-state index contributed by atoms with van der Waals surface area (Å²) in [6.07, 6.45) is 4.95. The minimum Gasteiger partial charge on any atom is -0.399 e. The van der Waals surface area contributed by atoms with Crippen LogP contribution in [0.1, 0.15) is 50.3 Å². The molecule has 3 nitrogen and oxygen atoms in total. The summed E-state index contributed by atoms with van der Waals surface area (Å²) in [7, 11) is 0. The van der Waals surface area contributed by atoms with Crippen LogP contribution < -0.4 is 11.1 Å². The molecule has 1 aromatic carbocycles. The third-order valence-electron chi connectivity index (χ3n) is 4.94. The van der Waals surface area contributed by atoms with Crippen LogP contribution in [0, 0.1) is 0 Å². The number of nitrogen functional groups attached to an aromatic ring is 1. The average molecular weight is 273 g/mol. The monoisotopic (exact) mass is 273 g/mol. The molecule has 1 heterocycles. The second kappa shape index (κ2) is 5.74. The predicted octanol–water partition coefficient (Wildman–Crippen LogP) is 2.72. The van der Waals surface area contributed by atoms with Crippen LogP contribution in [-0.2, 0) is 6.42 Å². The van der Waals surface area contributed by atoms with Crippen LogP contribution in [0.2, 0.25) is 0 Å². The van der Waals surface area contributed by atoms with Gasteiger partial charge in [-0.15, -0.1) is 0 Å². The van der Waals surface area contributed by atoms with Crippen molar-refractivity contribution >= 4 is 5.69 Å². The summed E-state index contributed by atoms with van der Waals surface area (Å²) >= 11 is 0. The first kappa shape index (κ1) is 13.9. The Morgan fingerprint density at radius 3 is 2.65 bits per heavy atom. The third-order valence-corrected chi connectivity index (χ3v) is 4.94. The first-order valence-electron chi connectivity index (χ1n) is 8.02. The van der Waals surface area contributed by atoms with Gasteiger partial charge in [0, 0.05) is 23.8 Å². The summed E-state index contributed by atoms with van der Waals surface area (Å²) in [5.41, 5.74) is 9.70. The number of piperidine rings is 1. The number of fused-ring (bicyclic) bond motifs is 1. The molecule has 0 saturated carbocycles. The topological polar surface area (TPSA) is 41.3 Å². The fourth-order valence-corrected chi connectivity index (χ4v) is 3.68. The zero-order chi connectivity index (χ0) is 14.1. The molecule has 2 aliphatic rings. The summed E-state index contributed by atoms with van der Waals surface area (Å²) in [4.78, 5) is 2.58. The van der Waals surface area contributed by atoms with Crippen molar-refractivity contribution in [1.29, 1.82) is 0 Å². The molecule has 0 radical (unpaired) electrons. The van der Waals surface area contributed by atoms with Gasteiger partial charge in [0.15, 0.2) is 0 Å². The Kier molecular flexibility index (Phi) is 3.99. The molecule has 3 N–H and O–H groups in total.